The molecule has 0 fully saturated rings. The van der Waals surface area contributed by atoms with Gasteiger partial charge in [-0.15, -0.1) is 11.3 Å². The van der Waals surface area contributed by atoms with Gasteiger partial charge in [-0.2, -0.15) is 0 Å². The van der Waals surface area contributed by atoms with Gasteiger partial charge < -0.3 is 5.11 Å². The molecular formula is C15H12N2O3S. The summed E-state index contributed by atoms with van der Waals surface area (Å²) < 4.78 is 2.13. The Morgan fingerprint density at radius 2 is 2.00 bits per heavy atom. The first-order valence-electron chi connectivity index (χ1n) is 6.36. The molecule has 3 aromatic rings. The van der Waals surface area contributed by atoms with Crippen LogP contribution in [-0.4, -0.2) is 20.6 Å². The lowest BCUT2D eigenvalue weighted by Gasteiger charge is -2.09. The molecule has 2 heterocycles. The lowest BCUT2D eigenvalue weighted by molar-refractivity contribution is -0.136. The number of benzene rings is 1. The summed E-state index contributed by atoms with van der Waals surface area (Å²) in [4.78, 5) is 27.5. The van der Waals surface area contributed by atoms with Gasteiger partial charge in [0.1, 0.15) is 4.70 Å². The number of carbonyl (C=O) groups is 1. The van der Waals surface area contributed by atoms with Crippen molar-refractivity contribution in [2.75, 3.05) is 0 Å². The molecule has 6 heteroatoms. The number of aliphatic carboxylic acids is 1. The topological polar surface area (TPSA) is 72.2 Å². The fraction of sp³-hybridized carbons (Fsp3) is 0.133. The second kappa shape index (κ2) is 5.49. The summed E-state index contributed by atoms with van der Waals surface area (Å²) in [5.74, 6) is -0.887. The van der Waals surface area contributed by atoms with Gasteiger partial charge in [-0.25, -0.2) is 4.98 Å². The van der Waals surface area contributed by atoms with E-state index >= 15 is 0 Å². The maximum Gasteiger partial charge on any atom is 0.307 e. The van der Waals surface area contributed by atoms with Crippen LogP contribution in [-0.2, 0) is 17.8 Å². The Bertz CT molecular complexity index is 866. The maximum atomic E-state index is 12.3. The maximum absolute atomic E-state index is 12.3. The summed E-state index contributed by atoms with van der Waals surface area (Å²) in [5.41, 5.74) is 2.13. The van der Waals surface area contributed by atoms with Gasteiger partial charge in [0.25, 0.3) is 5.56 Å². The molecule has 0 atom stereocenters. The molecule has 5 nitrogen and oxygen atoms in total. The molecule has 21 heavy (non-hydrogen) atoms. The Balaban J connectivity index is 2.00. The molecule has 1 N–H and O–H groups in total. The minimum absolute atomic E-state index is 0.0560. The quantitative estimate of drug-likeness (QED) is 0.801. The molecule has 0 spiro atoms. The fourth-order valence-electron chi connectivity index (χ4n) is 2.22. The molecule has 0 bridgehead atoms. The lowest BCUT2D eigenvalue weighted by atomic mass is 10.0. The van der Waals surface area contributed by atoms with Gasteiger partial charge in [0, 0.05) is 0 Å². The van der Waals surface area contributed by atoms with Gasteiger partial charge in [0.2, 0.25) is 0 Å². The number of aromatic nitrogens is 2. The molecule has 1 aromatic carbocycles. The van der Waals surface area contributed by atoms with Crippen LogP contribution < -0.4 is 5.56 Å². The Hall–Kier alpha value is -2.47. The lowest BCUT2D eigenvalue weighted by Crippen LogP contribution is -2.21. The number of hydrogen-bond acceptors (Lipinski definition) is 4. The number of nitrogens with zero attached hydrogens (tertiary/aromatic N) is 2. The first kappa shape index (κ1) is 13.5. The molecular weight excluding hydrogens is 288 g/mol. The Labute approximate surface area is 124 Å². The highest BCUT2D eigenvalue weighted by molar-refractivity contribution is 7.17. The highest BCUT2D eigenvalue weighted by Gasteiger charge is 2.09. The molecule has 0 unspecified atom stereocenters. The third kappa shape index (κ3) is 2.71. The van der Waals surface area contributed by atoms with Crippen molar-refractivity contribution >= 4 is 27.5 Å². The normalized spacial score (nSPS) is 10.9. The van der Waals surface area contributed by atoms with E-state index in [1.807, 2.05) is 23.6 Å². The first-order valence-corrected chi connectivity index (χ1v) is 7.24. The summed E-state index contributed by atoms with van der Waals surface area (Å²) in [5, 5.41) is 10.8. The van der Waals surface area contributed by atoms with Crippen LogP contribution in [0.1, 0.15) is 11.1 Å². The van der Waals surface area contributed by atoms with Crippen LogP contribution in [0.3, 0.4) is 0 Å². The van der Waals surface area contributed by atoms with Crippen molar-refractivity contribution in [3.63, 3.8) is 0 Å². The van der Waals surface area contributed by atoms with Crippen LogP contribution in [0.15, 0.2) is 46.8 Å². The predicted octanol–water partition coefficient (Wildman–Crippen LogP) is 2.13. The smallest absolute Gasteiger partial charge is 0.307 e. The highest BCUT2D eigenvalue weighted by Crippen LogP contribution is 2.15. The van der Waals surface area contributed by atoms with E-state index in [1.165, 1.54) is 22.2 Å². The second-order valence-corrected chi connectivity index (χ2v) is 5.57. The fourth-order valence-corrected chi connectivity index (χ4v) is 3.01. The highest BCUT2D eigenvalue weighted by atomic mass is 32.1. The standard InChI is InChI=1S/C15H12N2O3S/c18-13(19)7-10-3-1-2-4-11(10)8-17-9-16-12-5-6-21-14(12)15(17)20/h1-6,9H,7-8H2,(H,18,19). The Morgan fingerprint density at radius 1 is 1.24 bits per heavy atom. The molecule has 0 saturated carbocycles. The number of hydrogen-bond donors (Lipinski definition) is 1. The van der Waals surface area contributed by atoms with Crippen LogP contribution in [0.5, 0.6) is 0 Å². The SMILES string of the molecule is O=C(O)Cc1ccccc1Cn1cnc2ccsc2c1=O. The molecule has 0 saturated heterocycles. The minimum atomic E-state index is -0.887. The number of thiophene rings is 1. The van der Waals surface area contributed by atoms with Crippen LogP contribution in [0.2, 0.25) is 0 Å². The number of carboxylic acids is 1. The van der Waals surface area contributed by atoms with Crippen LogP contribution in [0.4, 0.5) is 0 Å². The van der Waals surface area contributed by atoms with E-state index in [2.05, 4.69) is 4.98 Å². The number of rotatable bonds is 4. The van der Waals surface area contributed by atoms with Gasteiger partial charge >= 0.3 is 5.97 Å². The van der Waals surface area contributed by atoms with Crippen LogP contribution >= 0.6 is 11.3 Å². The van der Waals surface area contributed by atoms with Crippen molar-refractivity contribution in [3.8, 4) is 0 Å². The Morgan fingerprint density at radius 3 is 2.76 bits per heavy atom. The van der Waals surface area contributed by atoms with Crippen molar-refractivity contribution in [1.82, 2.24) is 9.55 Å². The molecule has 2 aromatic heterocycles. The first-order chi connectivity index (χ1) is 10.1. The van der Waals surface area contributed by atoms with Gasteiger partial charge in [0.05, 0.1) is 24.8 Å². The van der Waals surface area contributed by atoms with Crippen LogP contribution in [0, 0.1) is 0 Å². The van der Waals surface area contributed by atoms with E-state index in [0.29, 0.717) is 22.3 Å². The van der Waals surface area contributed by atoms with E-state index in [1.54, 1.807) is 12.1 Å². The average Bonchev–Trinajstić information content (AvgIpc) is 2.92. The van der Waals surface area contributed by atoms with Crippen molar-refractivity contribution in [2.24, 2.45) is 0 Å². The van der Waals surface area contributed by atoms with Crippen molar-refractivity contribution in [1.29, 1.82) is 0 Å². The molecule has 0 aliphatic carbocycles. The van der Waals surface area contributed by atoms with Gasteiger partial charge in [0.15, 0.2) is 0 Å². The van der Waals surface area contributed by atoms with E-state index < -0.39 is 5.97 Å². The molecule has 3 rings (SSSR count). The van der Waals surface area contributed by atoms with Crippen molar-refractivity contribution < 1.29 is 9.90 Å². The summed E-state index contributed by atoms with van der Waals surface area (Å²) in [7, 11) is 0. The predicted molar refractivity (Wildman–Crippen MR) is 80.8 cm³/mol. The molecule has 0 aliphatic heterocycles. The van der Waals surface area contributed by atoms with E-state index in [9.17, 15) is 9.59 Å². The summed E-state index contributed by atoms with van der Waals surface area (Å²) >= 11 is 1.36. The largest absolute Gasteiger partial charge is 0.481 e. The number of fused-ring (bicyclic) bond motifs is 1. The summed E-state index contributed by atoms with van der Waals surface area (Å²) in [6.45, 7) is 0.323. The third-order valence-corrected chi connectivity index (χ3v) is 4.13. The molecule has 106 valence electrons. The van der Waals surface area contributed by atoms with Gasteiger partial charge in [-0.3, -0.25) is 14.2 Å². The van der Waals surface area contributed by atoms with Gasteiger partial charge in [-0.05, 0) is 22.6 Å². The summed E-state index contributed by atoms with van der Waals surface area (Å²) in [6.07, 6.45) is 1.45. The zero-order chi connectivity index (χ0) is 14.8. The minimum Gasteiger partial charge on any atom is -0.481 e. The van der Waals surface area contributed by atoms with E-state index in [4.69, 9.17) is 5.11 Å². The second-order valence-electron chi connectivity index (χ2n) is 4.65. The zero-order valence-corrected chi connectivity index (χ0v) is 11.8. The summed E-state index contributed by atoms with van der Waals surface area (Å²) in [6, 6.07) is 9.05. The van der Waals surface area contributed by atoms with E-state index in [0.717, 1.165) is 5.56 Å². The van der Waals surface area contributed by atoms with Crippen molar-refractivity contribution in [2.45, 2.75) is 13.0 Å². The molecule has 0 radical (unpaired) electrons. The number of carboxylic acid groups (broad SMARTS) is 1. The molecule has 0 amide bonds. The van der Waals surface area contributed by atoms with Gasteiger partial charge in [-0.1, -0.05) is 24.3 Å². The monoisotopic (exact) mass is 300 g/mol. The van der Waals surface area contributed by atoms with Crippen molar-refractivity contribution in [3.05, 3.63) is 63.5 Å². The Kier molecular flexibility index (Phi) is 3.53. The van der Waals surface area contributed by atoms with Crippen LogP contribution in [0.25, 0.3) is 10.2 Å². The molecule has 0 aliphatic rings. The average molecular weight is 300 g/mol. The van der Waals surface area contributed by atoms with E-state index in [-0.39, 0.29) is 12.0 Å². The zero-order valence-electron chi connectivity index (χ0n) is 11.0. The third-order valence-electron chi connectivity index (χ3n) is 3.24.